The van der Waals surface area contributed by atoms with Gasteiger partial charge in [-0.25, -0.2) is 0 Å². The maximum absolute atomic E-state index is 12.6. The Hall–Kier alpha value is -1.92. The molecule has 0 radical (unpaired) electrons. The quantitative estimate of drug-likeness (QED) is 0.772. The van der Waals surface area contributed by atoms with Crippen molar-refractivity contribution in [2.45, 2.75) is 13.1 Å². The van der Waals surface area contributed by atoms with E-state index < -0.39 is 0 Å². The zero-order valence-electron chi connectivity index (χ0n) is 16.6. The van der Waals surface area contributed by atoms with Crippen LogP contribution in [-0.2, 0) is 13.1 Å². The molecule has 3 rings (SSSR count). The van der Waals surface area contributed by atoms with Crippen LogP contribution in [0.25, 0.3) is 0 Å². The fraction of sp³-hybridized carbons (Fsp3) is 0.409. The van der Waals surface area contributed by atoms with E-state index in [-0.39, 0.29) is 18.3 Å². The Labute approximate surface area is 174 Å². The van der Waals surface area contributed by atoms with Crippen molar-refractivity contribution in [1.29, 1.82) is 0 Å². The maximum Gasteiger partial charge on any atom is 0.253 e. The summed E-state index contributed by atoms with van der Waals surface area (Å²) in [6.07, 6.45) is 0. The third kappa shape index (κ3) is 6.31. The van der Waals surface area contributed by atoms with Crippen molar-refractivity contribution < 1.29 is 4.79 Å². The van der Waals surface area contributed by atoms with E-state index in [4.69, 9.17) is 5.73 Å². The number of likely N-dealkylation sites (N-methyl/N-ethyl adjacent to an activating group) is 1. The second kappa shape index (κ2) is 11.2. The summed E-state index contributed by atoms with van der Waals surface area (Å²) in [5.74, 6) is 0.124. The van der Waals surface area contributed by atoms with E-state index in [1.54, 1.807) is 0 Å². The molecular formula is C22H31ClN4O. The SMILES string of the molecule is CN(CCN1CCN(C(=O)c2ccc(CN)cc2)CC1)Cc1ccccc1.Cl. The summed E-state index contributed by atoms with van der Waals surface area (Å²) in [7, 11) is 2.16. The largest absolute Gasteiger partial charge is 0.336 e. The van der Waals surface area contributed by atoms with Crippen LogP contribution in [-0.4, -0.2) is 66.9 Å². The van der Waals surface area contributed by atoms with Crippen LogP contribution in [0.15, 0.2) is 54.6 Å². The molecule has 2 aromatic carbocycles. The van der Waals surface area contributed by atoms with Crippen molar-refractivity contribution in [3.63, 3.8) is 0 Å². The van der Waals surface area contributed by atoms with Gasteiger partial charge in [-0.15, -0.1) is 12.4 Å². The van der Waals surface area contributed by atoms with Crippen LogP contribution in [0.3, 0.4) is 0 Å². The highest BCUT2D eigenvalue weighted by molar-refractivity contribution is 5.94. The van der Waals surface area contributed by atoms with Gasteiger partial charge in [0.25, 0.3) is 5.91 Å². The topological polar surface area (TPSA) is 52.8 Å². The number of rotatable bonds is 7. The van der Waals surface area contributed by atoms with Crippen molar-refractivity contribution in [2.24, 2.45) is 5.73 Å². The van der Waals surface area contributed by atoms with Gasteiger partial charge < -0.3 is 15.5 Å². The van der Waals surface area contributed by atoms with E-state index in [0.29, 0.717) is 6.54 Å². The Kier molecular flexibility index (Phi) is 8.93. The molecule has 0 unspecified atom stereocenters. The predicted octanol–water partition coefficient (Wildman–Crippen LogP) is 2.46. The van der Waals surface area contributed by atoms with Gasteiger partial charge in [-0.3, -0.25) is 9.69 Å². The second-order valence-electron chi connectivity index (χ2n) is 7.26. The number of carbonyl (C=O) groups excluding carboxylic acids is 1. The molecular weight excluding hydrogens is 372 g/mol. The molecule has 2 aromatic rings. The summed E-state index contributed by atoms with van der Waals surface area (Å²) in [6.45, 7) is 7.00. The summed E-state index contributed by atoms with van der Waals surface area (Å²) in [6, 6.07) is 18.2. The molecule has 0 bridgehead atoms. The lowest BCUT2D eigenvalue weighted by atomic mass is 10.1. The summed E-state index contributed by atoms with van der Waals surface area (Å²) < 4.78 is 0. The van der Waals surface area contributed by atoms with Crippen molar-refractivity contribution in [3.8, 4) is 0 Å². The van der Waals surface area contributed by atoms with Crippen LogP contribution >= 0.6 is 12.4 Å². The van der Waals surface area contributed by atoms with Gasteiger partial charge in [0.1, 0.15) is 0 Å². The van der Waals surface area contributed by atoms with Crippen molar-refractivity contribution in [1.82, 2.24) is 14.7 Å². The van der Waals surface area contributed by atoms with E-state index in [1.165, 1.54) is 5.56 Å². The summed E-state index contributed by atoms with van der Waals surface area (Å²) >= 11 is 0. The standard InChI is InChI=1S/C22H30N4O.ClH/c1-24(18-20-5-3-2-4-6-20)11-12-25-13-15-26(16-14-25)22(27)21-9-7-19(17-23)8-10-21;/h2-10H,11-18,23H2,1H3;1H. The zero-order chi connectivity index (χ0) is 19.1. The van der Waals surface area contributed by atoms with Gasteiger partial charge in [0.05, 0.1) is 0 Å². The Balaban J connectivity index is 0.00000280. The average Bonchev–Trinajstić information content (AvgIpc) is 2.73. The Morgan fingerprint density at radius 1 is 0.964 bits per heavy atom. The number of carbonyl (C=O) groups is 1. The van der Waals surface area contributed by atoms with E-state index in [2.05, 4.69) is 47.2 Å². The summed E-state index contributed by atoms with van der Waals surface area (Å²) in [4.78, 5) is 19.4. The fourth-order valence-corrected chi connectivity index (χ4v) is 3.43. The van der Waals surface area contributed by atoms with E-state index in [1.807, 2.05) is 29.2 Å². The van der Waals surface area contributed by atoms with Gasteiger partial charge in [-0.2, -0.15) is 0 Å². The van der Waals surface area contributed by atoms with Gasteiger partial charge in [0.15, 0.2) is 0 Å². The second-order valence-corrected chi connectivity index (χ2v) is 7.26. The smallest absolute Gasteiger partial charge is 0.253 e. The predicted molar refractivity (Wildman–Crippen MR) is 117 cm³/mol. The average molecular weight is 403 g/mol. The zero-order valence-corrected chi connectivity index (χ0v) is 17.4. The van der Waals surface area contributed by atoms with Crippen molar-refractivity contribution >= 4 is 18.3 Å². The lowest BCUT2D eigenvalue weighted by Gasteiger charge is -2.35. The highest BCUT2D eigenvalue weighted by Gasteiger charge is 2.22. The molecule has 1 heterocycles. The molecule has 0 spiro atoms. The van der Waals surface area contributed by atoms with Crippen LogP contribution in [0.2, 0.25) is 0 Å². The minimum atomic E-state index is 0. The molecule has 0 aliphatic carbocycles. The molecule has 0 aromatic heterocycles. The minimum absolute atomic E-state index is 0. The molecule has 2 N–H and O–H groups in total. The Morgan fingerprint density at radius 2 is 1.61 bits per heavy atom. The molecule has 0 saturated carbocycles. The number of hydrogen-bond acceptors (Lipinski definition) is 4. The fourth-order valence-electron chi connectivity index (χ4n) is 3.43. The number of benzene rings is 2. The molecule has 1 fully saturated rings. The number of halogens is 1. The van der Waals surface area contributed by atoms with Crippen LogP contribution in [0.1, 0.15) is 21.5 Å². The Morgan fingerprint density at radius 3 is 2.21 bits per heavy atom. The number of nitrogens with two attached hydrogens (primary N) is 1. The first kappa shape index (κ1) is 22.4. The number of hydrogen-bond donors (Lipinski definition) is 1. The van der Waals surface area contributed by atoms with E-state index in [9.17, 15) is 4.79 Å². The van der Waals surface area contributed by atoms with Crippen LogP contribution in [0.5, 0.6) is 0 Å². The molecule has 5 nitrogen and oxygen atoms in total. The molecule has 1 saturated heterocycles. The molecule has 1 aliphatic heterocycles. The first-order valence-corrected chi connectivity index (χ1v) is 9.69. The van der Waals surface area contributed by atoms with Gasteiger partial charge in [-0.05, 0) is 30.3 Å². The molecule has 1 amide bonds. The third-order valence-corrected chi connectivity index (χ3v) is 5.19. The van der Waals surface area contributed by atoms with Gasteiger partial charge >= 0.3 is 0 Å². The van der Waals surface area contributed by atoms with Gasteiger partial charge in [-0.1, -0.05) is 42.5 Å². The monoisotopic (exact) mass is 402 g/mol. The van der Waals surface area contributed by atoms with E-state index in [0.717, 1.165) is 56.9 Å². The Bertz CT molecular complexity index is 715. The normalized spacial score (nSPS) is 14.8. The van der Waals surface area contributed by atoms with Gasteiger partial charge in [0.2, 0.25) is 0 Å². The molecule has 1 aliphatic rings. The maximum atomic E-state index is 12.6. The molecule has 28 heavy (non-hydrogen) atoms. The summed E-state index contributed by atoms with van der Waals surface area (Å²) in [5.41, 5.74) is 8.77. The van der Waals surface area contributed by atoms with Crippen molar-refractivity contribution in [2.75, 3.05) is 46.3 Å². The lowest BCUT2D eigenvalue weighted by Crippen LogP contribution is -2.50. The molecule has 6 heteroatoms. The van der Waals surface area contributed by atoms with Gasteiger partial charge in [0, 0.05) is 57.9 Å². The minimum Gasteiger partial charge on any atom is -0.336 e. The highest BCUT2D eigenvalue weighted by atomic mass is 35.5. The number of amides is 1. The van der Waals surface area contributed by atoms with E-state index >= 15 is 0 Å². The van der Waals surface area contributed by atoms with Crippen LogP contribution in [0.4, 0.5) is 0 Å². The number of nitrogens with zero attached hydrogens (tertiary/aromatic N) is 3. The highest BCUT2D eigenvalue weighted by Crippen LogP contribution is 2.11. The lowest BCUT2D eigenvalue weighted by molar-refractivity contribution is 0.0626. The first-order valence-electron chi connectivity index (χ1n) is 9.69. The molecule has 152 valence electrons. The number of piperazine rings is 1. The third-order valence-electron chi connectivity index (χ3n) is 5.19. The summed E-state index contributed by atoms with van der Waals surface area (Å²) in [5, 5.41) is 0. The molecule has 0 atom stereocenters. The van der Waals surface area contributed by atoms with Crippen LogP contribution < -0.4 is 5.73 Å². The van der Waals surface area contributed by atoms with Crippen molar-refractivity contribution in [3.05, 3.63) is 71.3 Å². The van der Waals surface area contributed by atoms with Crippen LogP contribution in [0, 0.1) is 0 Å². The first-order chi connectivity index (χ1) is 13.2.